The summed E-state index contributed by atoms with van der Waals surface area (Å²) >= 11 is 11.8. The average Bonchev–Trinajstić information content (AvgIpc) is 2.42. The summed E-state index contributed by atoms with van der Waals surface area (Å²) in [4.78, 5) is 0. The van der Waals surface area contributed by atoms with Crippen LogP contribution >= 0.6 is 23.2 Å². The molecule has 0 fully saturated rings. The van der Waals surface area contributed by atoms with Crippen LogP contribution in [0.25, 0.3) is 0 Å². The largest absolute Gasteiger partial charge is 0.483 e. The SMILES string of the molecule is NCc1cc(F)c(OCc2cccc(Cl)c2Cl)c(F)c1. The van der Waals surface area contributed by atoms with Crippen molar-refractivity contribution < 1.29 is 13.5 Å². The molecule has 2 aromatic carbocycles. The molecule has 106 valence electrons. The van der Waals surface area contributed by atoms with Gasteiger partial charge in [-0.05, 0) is 23.8 Å². The van der Waals surface area contributed by atoms with Crippen LogP contribution in [0.2, 0.25) is 10.0 Å². The van der Waals surface area contributed by atoms with Gasteiger partial charge in [-0.15, -0.1) is 0 Å². The highest BCUT2D eigenvalue weighted by Gasteiger charge is 2.13. The third kappa shape index (κ3) is 3.20. The monoisotopic (exact) mass is 317 g/mol. The van der Waals surface area contributed by atoms with E-state index < -0.39 is 17.4 Å². The number of halogens is 4. The molecule has 2 N–H and O–H groups in total. The van der Waals surface area contributed by atoms with Crippen molar-refractivity contribution in [3.63, 3.8) is 0 Å². The Bertz CT molecular complexity index is 612. The van der Waals surface area contributed by atoms with Gasteiger partial charge in [0.25, 0.3) is 0 Å². The second kappa shape index (κ2) is 6.39. The van der Waals surface area contributed by atoms with Crippen LogP contribution in [-0.2, 0) is 13.2 Å². The van der Waals surface area contributed by atoms with Crippen LogP contribution in [-0.4, -0.2) is 0 Å². The highest BCUT2D eigenvalue weighted by molar-refractivity contribution is 6.42. The van der Waals surface area contributed by atoms with Crippen molar-refractivity contribution in [1.82, 2.24) is 0 Å². The van der Waals surface area contributed by atoms with Gasteiger partial charge in [-0.3, -0.25) is 0 Å². The fourth-order valence-electron chi connectivity index (χ4n) is 1.68. The minimum atomic E-state index is -0.802. The number of benzene rings is 2. The van der Waals surface area contributed by atoms with E-state index in [2.05, 4.69) is 0 Å². The van der Waals surface area contributed by atoms with Crippen LogP contribution in [0.3, 0.4) is 0 Å². The Kier molecular flexibility index (Phi) is 4.81. The molecule has 0 amide bonds. The first-order valence-corrected chi connectivity index (χ1v) is 6.52. The van der Waals surface area contributed by atoms with E-state index in [0.29, 0.717) is 21.2 Å². The summed E-state index contributed by atoms with van der Waals surface area (Å²) in [6.45, 7) is -0.0382. The fourth-order valence-corrected chi connectivity index (χ4v) is 2.05. The molecular formula is C14H11Cl2F2NO. The molecule has 2 nitrogen and oxygen atoms in total. The van der Waals surface area contributed by atoms with Gasteiger partial charge in [0.2, 0.25) is 0 Å². The van der Waals surface area contributed by atoms with Gasteiger partial charge in [0.15, 0.2) is 17.4 Å². The summed E-state index contributed by atoms with van der Waals surface area (Å²) < 4.78 is 32.6. The highest BCUT2D eigenvalue weighted by Crippen LogP contribution is 2.28. The first kappa shape index (κ1) is 15.0. The van der Waals surface area contributed by atoms with Crippen molar-refractivity contribution in [3.05, 3.63) is 63.1 Å². The molecular weight excluding hydrogens is 307 g/mol. The zero-order chi connectivity index (χ0) is 14.7. The molecule has 0 unspecified atom stereocenters. The van der Waals surface area contributed by atoms with Crippen LogP contribution in [0.5, 0.6) is 5.75 Å². The van der Waals surface area contributed by atoms with Crippen molar-refractivity contribution in [2.45, 2.75) is 13.2 Å². The predicted molar refractivity (Wildman–Crippen MR) is 75.0 cm³/mol. The van der Waals surface area contributed by atoms with Gasteiger partial charge < -0.3 is 10.5 Å². The maximum atomic E-state index is 13.7. The van der Waals surface area contributed by atoms with Crippen LogP contribution < -0.4 is 10.5 Å². The minimum Gasteiger partial charge on any atom is -0.483 e. The summed E-state index contributed by atoms with van der Waals surface area (Å²) in [5.41, 5.74) is 6.23. The molecule has 2 rings (SSSR count). The Morgan fingerprint density at radius 3 is 2.35 bits per heavy atom. The first-order valence-electron chi connectivity index (χ1n) is 5.76. The van der Waals surface area contributed by atoms with Gasteiger partial charge in [-0.1, -0.05) is 35.3 Å². The summed E-state index contributed by atoms with van der Waals surface area (Å²) in [5, 5.41) is 0.653. The summed E-state index contributed by atoms with van der Waals surface area (Å²) in [6.07, 6.45) is 0. The molecule has 0 aliphatic rings. The van der Waals surface area contributed by atoms with E-state index in [4.69, 9.17) is 33.7 Å². The van der Waals surface area contributed by atoms with Gasteiger partial charge in [-0.2, -0.15) is 0 Å². The third-order valence-corrected chi connectivity index (χ3v) is 3.56. The second-order valence-electron chi connectivity index (χ2n) is 4.09. The van der Waals surface area contributed by atoms with E-state index in [1.807, 2.05) is 0 Å². The van der Waals surface area contributed by atoms with Crippen molar-refractivity contribution in [3.8, 4) is 5.75 Å². The van der Waals surface area contributed by atoms with Gasteiger partial charge in [-0.25, -0.2) is 8.78 Å². The van der Waals surface area contributed by atoms with Crippen LogP contribution in [0.4, 0.5) is 8.78 Å². The molecule has 0 saturated heterocycles. The Hall–Kier alpha value is -1.36. The maximum Gasteiger partial charge on any atom is 0.191 e. The normalized spacial score (nSPS) is 10.7. The van der Waals surface area contributed by atoms with E-state index in [0.717, 1.165) is 12.1 Å². The molecule has 20 heavy (non-hydrogen) atoms. The maximum absolute atomic E-state index is 13.7. The first-order chi connectivity index (χ1) is 9.52. The molecule has 0 aliphatic carbocycles. The number of hydrogen-bond acceptors (Lipinski definition) is 2. The summed E-state index contributed by atoms with van der Waals surface area (Å²) in [7, 11) is 0. The lowest BCUT2D eigenvalue weighted by atomic mass is 10.2. The fraction of sp³-hybridized carbons (Fsp3) is 0.143. The van der Waals surface area contributed by atoms with Crippen LogP contribution in [0, 0.1) is 11.6 Å². The topological polar surface area (TPSA) is 35.2 Å². The molecule has 2 aromatic rings. The van der Waals surface area contributed by atoms with E-state index in [9.17, 15) is 8.78 Å². The molecule has 0 radical (unpaired) electrons. The van der Waals surface area contributed by atoms with Crippen molar-refractivity contribution in [2.24, 2.45) is 5.73 Å². The van der Waals surface area contributed by atoms with E-state index in [-0.39, 0.29) is 13.2 Å². The smallest absolute Gasteiger partial charge is 0.191 e. The van der Waals surface area contributed by atoms with Gasteiger partial charge in [0.1, 0.15) is 6.61 Å². The number of nitrogens with two attached hydrogens (primary N) is 1. The summed E-state index contributed by atoms with van der Waals surface area (Å²) in [6, 6.07) is 7.23. The average molecular weight is 318 g/mol. The second-order valence-corrected chi connectivity index (χ2v) is 4.88. The minimum absolute atomic E-state index is 0.0498. The van der Waals surface area contributed by atoms with Crippen LogP contribution in [0.15, 0.2) is 30.3 Å². The highest BCUT2D eigenvalue weighted by atomic mass is 35.5. The number of ether oxygens (including phenoxy) is 1. The van der Waals surface area contributed by atoms with Crippen LogP contribution in [0.1, 0.15) is 11.1 Å². The van der Waals surface area contributed by atoms with E-state index >= 15 is 0 Å². The Labute approximate surface area is 125 Å². The Balaban J connectivity index is 2.21. The van der Waals surface area contributed by atoms with Crippen molar-refractivity contribution in [2.75, 3.05) is 0 Å². The Morgan fingerprint density at radius 2 is 1.75 bits per heavy atom. The zero-order valence-electron chi connectivity index (χ0n) is 10.3. The van der Waals surface area contributed by atoms with Gasteiger partial charge in [0.05, 0.1) is 10.0 Å². The molecule has 0 aliphatic heterocycles. The van der Waals surface area contributed by atoms with Crippen molar-refractivity contribution in [1.29, 1.82) is 0 Å². The molecule has 6 heteroatoms. The predicted octanol–water partition coefficient (Wildman–Crippen LogP) is 4.31. The van der Waals surface area contributed by atoms with Gasteiger partial charge in [0, 0.05) is 12.1 Å². The lowest BCUT2D eigenvalue weighted by molar-refractivity contribution is 0.274. The molecule has 0 saturated carbocycles. The summed E-state index contributed by atoms with van der Waals surface area (Å²) in [5.74, 6) is -2.06. The zero-order valence-corrected chi connectivity index (χ0v) is 11.8. The quantitative estimate of drug-likeness (QED) is 0.912. The Morgan fingerprint density at radius 1 is 1.10 bits per heavy atom. The van der Waals surface area contributed by atoms with E-state index in [1.54, 1.807) is 18.2 Å². The third-order valence-electron chi connectivity index (χ3n) is 2.70. The number of hydrogen-bond donors (Lipinski definition) is 1. The number of rotatable bonds is 4. The standard InChI is InChI=1S/C14H11Cl2F2NO/c15-10-3-1-2-9(13(10)16)7-20-14-11(17)4-8(6-19)5-12(14)18/h1-5H,6-7,19H2. The molecule has 0 spiro atoms. The lowest BCUT2D eigenvalue weighted by Gasteiger charge is -2.11. The molecule has 0 heterocycles. The molecule has 0 atom stereocenters. The van der Waals surface area contributed by atoms with Gasteiger partial charge >= 0.3 is 0 Å². The van der Waals surface area contributed by atoms with E-state index in [1.165, 1.54) is 0 Å². The lowest BCUT2D eigenvalue weighted by Crippen LogP contribution is -2.03. The molecule has 0 bridgehead atoms. The molecule has 0 aromatic heterocycles. The van der Waals surface area contributed by atoms with Crippen molar-refractivity contribution >= 4 is 23.2 Å².